The van der Waals surface area contributed by atoms with Gasteiger partial charge in [0, 0.05) is 42.6 Å². The molecule has 1 saturated carbocycles. The van der Waals surface area contributed by atoms with Gasteiger partial charge in [-0.15, -0.1) is 5.10 Å². The number of halogens is 3. The predicted octanol–water partition coefficient (Wildman–Crippen LogP) is 5.14. The molecule has 3 aromatic rings. The van der Waals surface area contributed by atoms with Gasteiger partial charge in [-0.05, 0) is 71.9 Å². The number of anilines is 2. The largest absolute Gasteiger partial charge is 0.431 e. The number of alkyl halides is 2. The summed E-state index contributed by atoms with van der Waals surface area (Å²) in [4.78, 5) is 8.71. The summed E-state index contributed by atoms with van der Waals surface area (Å²) in [7, 11) is 0. The second kappa shape index (κ2) is 7.92. The van der Waals surface area contributed by atoms with Crippen LogP contribution in [0.1, 0.15) is 38.5 Å². The van der Waals surface area contributed by atoms with Gasteiger partial charge in [0.2, 0.25) is 0 Å². The number of hydrogen-bond acceptors (Lipinski definition) is 6. The van der Waals surface area contributed by atoms with E-state index in [1.165, 1.54) is 41.2 Å². The highest BCUT2D eigenvalue weighted by atomic mass is 127. The normalized spacial score (nSPS) is 21.5. The molecule has 1 aliphatic carbocycles. The van der Waals surface area contributed by atoms with Gasteiger partial charge in [0.25, 0.3) is 11.9 Å². The van der Waals surface area contributed by atoms with E-state index in [0.717, 1.165) is 18.8 Å². The lowest BCUT2D eigenvalue weighted by atomic mass is 9.93. The highest BCUT2D eigenvalue weighted by Crippen LogP contribution is 2.54. The summed E-state index contributed by atoms with van der Waals surface area (Å²) < 4.78 is 35.5. The Balaban J connectivity index is 1.23. The molecule has 3 fully saturated rings. The number of nitrogens with zero attached hydrogens (tertiary/aromatic N) is 6. The van der Waals surface area contributed by atoms with Crippen molar-refractivity contribution >= 4 is 34.3 Å². The SMILES string of the molecule is FC1(F)CCN(c2nc(-c3cn(-c4ccc(I)cc4N4CCC5(CC4)CC5)nn3)co2)CC1. The number of benzene rings is 1. The maximum atomic E-state index is 13.5. The first-order valence-electron chi connectivity index (χ1n) is 11.5. The molecule has 0 N–H and O–H groups in total. The quantitative estimate of drug-likeness (QED) is 0.408. The Kier molecular flexibility index (Phi) is 5.11. The first-order chi connectivity index (χ1) is 15.9. The molecule has 2 saturated heterocycles. The lowest BCUT2D eigenvalue weighted by Crippen LogP contribution is -2.39. The van der Waals surface area contributed by atoms with Crippen molar-refractivity contribution in [2.75, 3.05) is 36.0 Å². The summed E-state index contributed by atoms with van der Waals surface area (Å²) in [6.07, 6.45) is 8.27. The van der Waals surface area contributed by atoms with Crippen LogP contribution in [0.3, 0.4) is 0 Å². The zero-order valence-corrected chi connectivity index (χ0v) is 20.3. The third-order valence-corrected chi connectivity index (χ3v) is 7.99. The molecule has 174 valence electrons. The standard InChI is InChI=1S/C23H25F2IN6O/c24-23(25)7-11-31(12-8-23)21-27-18(15-33-21)17-14-32(29-28-17)19-2-1-16(26)13-20(19)30-9-5-22(3-4-22)6-10-30/h1-2,13-15H,3-12H2. The third kappa shape index (κ3) is 4.22. The molecule has 4 heterocycles. The van der Waals surface area contributed by atoms with Gasteiger partial charge < -0.3 is 14.2 Å². The van der Waals surface area contributed by atoms with Crippen LogP contribution in [0.15, 0.2) is 35.1 Å². The lowest BCUT2D eigenvalue weighted by Gasteiger charge is -2.35. The van der Waals surface area contributed by atoms with Crippen molar-refractivity contribution in [3.8, 4) is 17.1 Å². The Morgan fingerprint density at radius 2 is 1.61 bits per heavy atom. The van der Waals surface area contributed by atoms with Crippen LogP contribution in [0, 0.1) is 8.99 Å². The Morgan fingerprint density at radius 3 is 2.33 bits per heavy atom. The fourth-order valence-corrected chi connectivity index (χ4v) is 5.37. The summed E-state index contributed by atoms with van der Waals surface area (Å²) in [6, 6.07) is 6.72. The number of piperidine rings is 2. The zero-order chi connectivity index (χ0) is 22.6. The van der Waals surface area contributed by atoms with E-state index in [1.807, 2.05) is 6.20 Å². The van der Waals surface area contributed by atoms with Gasteiger partial charge in [-0.25, -0.2) is 13.5 Å². The van der Waals surface area contributed by atoms with E-state index in [2.05, 4.69) is 61.0 Å². The number of rotatable bonds is 4. The molecule has 2 aromatic heterocycles. The second-order valence-corrected chi connectivity index (χ2v) is 10.8. The van der Waals surface area contributed by atoms with Gasteiger partial charge in [0.1, 0.15) is 17.7 Å². The first-order valence-corrected chi connectivity index (χ1v) is 12.5. The van der Waals surface area contributed by atoms with E-state index in [1.54, 1.807) is 9.58 Å². The summed E-state index contributed by atoms with van der Waals surface area (Å²) in [6.45, 7) is 2.58. The fraction of sp³-hybridized carbons (Fsp3) is 0.522. The molecule has 0 bridgehead atoms. The number of oxazole rings is 1. The molecule has 7 nitrogen and oxygen atoms in total. The topological polar surface area (TPSA) is 63.2 Å². The Labute approximate surface area is 204 Å². The Bertz CT molecular complexity index is 1150. The summed E-state index contributed by atoms with van der Waals surface area (Å²) in [5, 5.41) is 8.69. The van der Waals surface area contributed by atoms with Crippen molar-refractivity contribution in [2.24, 2.45) is 5.41 Å². The van der Waals surface area contributed by atoms with Crippen LogP contribution in [0.25, 0.3) is 17.1 Å². The molecule has 6 rings (SSSR count). The molecule has 2 aliphatic heterocycles. The van der Waals surface area contributed by atoms with Gasteiger partial charge in [0.15, 0.2) is 0 Å². The summed E-state index contributed by atoms with van der Waals surface area (Å²) in [5.74, 6) is -2.60. The molecule has 3 aliphatic rings. The smallest absolute Gasteiger partial charge is 0.297 e. The minimum absolute atomic E-state index is 0.186. The zero-order valence-electron chi connectivity index (χ0n) is 18.2. The van der Waals surface area contributed by atoms with E-state index >= 15 is 0 Å². The van der Waals surface area contributed by atoms with Crippen molar-refractivity contribution in [3.05, 3.63) is 34.2 Å². The van der Waals surface area contributed by atoms with Crippen LogP contribution in [0.5, 0.6) is 0 Å². The Morgan fingerprint density at radius 1 is 0.879 bits per heavy atom. The van der Waals surface area contributed by atoms with Gasteiger partial charge in [0.05, 0.1) is 17.6 Å². The van der Waals surface area contributed by atoms with Crippen LogP contribution < -0.4 is 9.80 Å². The molecule has 33 heavy (non-hydrogen) atoms. The van der Waals surface area contributed by atoms with Crippen molar-refractivity contribution in [1.82, 2.24) is 20.0 Å². The van der Waals surface area contributed by atoms with E-state index in [0.29, 0.717) is 22.8 Å². The van der Waals surface area contributed by atoms with Gasteiger partial charge in [-0.1, -0.05) is 5.21 Å². The van der Waals surface area contributed by atoms with Gasteiger partial charge in [-0.3, -0.25) is 0 Å². The van der Waals surface area contributed by atoms with E-state index in [4.69, 9.17) is 4.42 Å². The molecule has 0 unspecified atom stereocenters. The summed E-state index contributed by atoms with van der Waals surface area (Å²) in [5.41, 5.74) is 3.92. The van der Waals surface area contributed by atoms with Crippen molar-refractivity contribution < 1.29 is 13.2 Å². The van der Waals surface area contributed by atoms with Crippen LogP contribution in [-0.4, -0.2) is 52.1 Å². The molecule has 0 radical (unpaired) electrons. The number of hydrogen-bond donors (Lipinski definition) is 0. The van der Waals surface area contributed by atoms with Crippen LogP contribution in [0.4, 0.5) is 20.5 Å². The van der Waals surface area contributed by atoms with Crippen molar-refractivity contribution in [3.63, 3.8) is 0 Å². The molecule has 0 amide bonds. The molecule has 10 heteroatoms. The van der Waals surface area contributed by atoms with Crippen LogP contribution in [0.2, 0.25) is 0 Å². The maximum Gasteiger partial charge on any atom is 0.297 e. The average Bonchev–Trinajstić information content (AvgIpc) is 3.18. The van der Waals surface area contributed by atoms with Gasteiger partial charge >= 0.3 is 0 Å². The van der Waals surface area contributed by atoms with E-state index in [9.17, 15) is 8.78 Å². The average molecular weight is 566 g/mol. The fourth-order valence-electron chi connectivity index (χ4n) is 4.89. The summed E-state index contributed by atoms with van der Waals surface area (Å²) >= 11 is 2.35. The highest BCUT2D eigenvalue weighted by molar-refractivity contribution is 14.1. The second-order valence-electron chi connectivity index (χ2n) is 9.53. The molecular formula is C23H25F2IN6O. The first kappa shape index (κ1) is 21.3. The minimum Gasteiger partial charge on any atom is -0.431 e. The minimum atomic E-state index is -2.60. The van der Waals surface area contributed by atoms with Gasteiger partial charge in [-0.2, -0.15) is 4.98 Å². The third-order valence-electron chi connectivity index (χ3n) is 7.32. The molecular weight excluding hydrogens is 541 g/mol. The highest BCUT2D eigenvalue weighted by Gasteiger charge is 2.44. The lowest BCUT2D eigenvalue weighted by molar-refractivity contribution is -0.0226. The molecule has 1 spiro atoms. The van der Waals surface area contributed by atoms with Crippen molar-refractivity contribution in [1.29, 1.82) is 0 Å². The Hall–Kier alpha value is -2.24. The van der Waals surface area contributed by atoms with Crippen LogP contribution >= 0.6 is 22.6 Å². The number of aromatic nitrogens is 4. The molecule has 1 aromatic carbocycles. The predicted molar refractivity (Wildman–Crippen MR) is 129 cm³/mol. The monoisotopic (exact) mass is 566 g/mol. The van der Waals surface area contributed by atoms with Crippen LogP contribution in [-0.2, 0) is 0 Å². The maximum absolute atomic E-state index is 13.5. The van der Waals surface area contributed by atoms with Crippen molar-refractivity contribution in [2.45, 2.75) is 44.4 Å². The van der Waals surface area contributed by atoms with E-state index < -0.39 is 5.92 Å². The molecule has 0 atom stereocenters. The van der Waals surface area contributed by atoms with E-state index in [-0.39, 0.29) is 25.9 Å².